The molecule has 1 atom stereocenters. The number of H-pyrrole nitrogens is 1. The van der Waals surface area contributed by atoms with E-state index in [9.17, 15) is 14.0 Å². The molecule has 1 unspecified atom stereocenters. The number of carbonyl (C=O) groups excluding carboxylic acids is 1. The number of aromatic nitrogens is 2. The summed E-state index contributed by atoms with van der Waals surface area (Å²) in [6.07, 6.45) is 0. The summed E-state index contributed by atoms with van der Waals surface area (Å²) in [5.41, 5.74) is 2.07. The van der Waals surface area contributed by atoms with Gasteiger partial charge in [-0.2, -0.15) is 0 Å². The van der Waals surface area contributed by atoms with E-state index < -0.39 is 0 Å². The number of hydrogen-bond donors (Lipinski definition) is 2. The fraction of sp³-hybridized carbons (Fsp3) is 0.0870. The van der Waals surface area contributed by atoms with Crippen LogP contribution in [0.25, 0.3) is 16.6 Å². The van der Waals surface area contributed by atoms with E-state index in [1.165, 1.54) is 16.7 Å². The molecule has 0 saturated heterocycles. The first-order valence-electron chi connectivity index (χ1n) is 9.35. The topological polar surface area (TPSA) is 66.9 Å². The van der Waals surface area contributed by atoms with Gasteiger partial charge in [0.1, 0.15) is 5.82 Å². The molecule has 5 nitrogen and oxygen atoms in total. The fourth-order valence-electron chi connectivity index (χ4n) is 3.29. The molecule has 0 aliphatic rings. The second kappa shape index (κ2) is 8.04. The monoisotopic (exact) mass is 419 g/mol. The molecular weight excluding hydrogens is 401 g/mol. The summed E-state index contributed by atoms with van der Waals surface area (Å²) < 4.78 is 14.8. The third-order valence-corrected chi connectivity index (χ3v) is 5.18. The van der Waals surface area contributed by atoms with E-state index >= 15 is 0 Å². The molecule has 4 aromatic rings. The molecule has 0 aliphatic carbocycles. The van der Waals surface area contributed by atoms with Crippen LogP contribution < -0.4 is 10.9 Å². The van der Waals surface area contributed by atoms with Gasteiger partial charge >= 0.3 is 0 Å². The maximum Gasteiger partial charge on any atom is 0.266 e. The molecule has 3 aromatic carbocycles. The van der Waals surface area contributed by atoms with Gasteiger partial charge in [-0.15, -0.1) is 0 Å². The summed E-state index contributed by atoms with van der Waals surface area (Å²) in [5, 5.41) is 3.30. The lowest BCUT2D eigenvalue weighted by Crippen LogP contribution is -2.27. The van der Waals surface area contributed by atoms with Crippen LogP contribution in [-0.4, -0.2) is 15.5 Å². The number of carbonyl (C=O) groups is 1. The van der Waals surface area contributed by atoms with Crippen molar-refractivity contribution in [2.45, 2.75) is 13.0 Å². The molecule has 0 spiro atoms. The van der Waals surface area contributed by atoms with Crippen LogP contribution in [0.15, 0.2) is 77.6 Å². The van der Waals surface area contributed by atoms with Crippen LogP contribution >= 0.6 is 12.2 Å². The van der Waals surface area contributed by atoms with Crippen molar-refractivity contribution in [2.75, 3.05) is 0 Å². The Morgan fingerprint density at radius 1 is 1.07 bits per heavy atom. The van der Waals surface area contributed by atoms with Gasteiger partial charge in [-0.25, -0.2) is 4.39 Å². The minimum Gasteiger partial charge on any atom is -0.346 e. The summed E-state index contributed by atoms with van der Waals surface area (Å²) in [6.45, 7) is 1.82. The van der Waals surface area contributed by atoms with Crippen molar-refractivity contribution in [3.63, 3.8) is 0 Å². The summed E-state index contributed by atoms with van der Waals surface area (Å²) >= 11 is 5.38. The van der Waals surface area contributed by atoms with Gasteiger partial charge in [-0.3, -0.25) is 14.2 Å². The van der Waals surface area contributed by atoms with Crippen molar-refractivity contribution >= 4 is 29.0 Å². The van der Waals surface area contributed by atoms with E-state index in [1.54, 1.807) is 42.5 Å². The Balaban J connectivity index is 1.67. The van der Waals surface area contributed by atoms with Crippen LogP contribution in [0.1, 0.15) is 28.9 Å². The largest absolute Gasteiger partial charge is 0.346 e. The summed E-state index contributed by atoms with van der Waals surface area (Å²) in [4.78, 5) is 28.7. The van der Waals surface area contributed by atoms with Crippen LogP contribution in [0.3, 0.4) is 0 Å². The predicted octanol–water partition coefficient (Wildman–Crippen LogP) is 4.68. The minimum atomic E-state index is -0.330. The Hall–Kier alpha value is -3.58. The van der Waals surface area contributed by atoms with E-state index in [1.807, 2.05) is 25.1 Å². The molecule has 4 rings (SSSR count). The number of rotatable bonds is 4. The number of amides is 1. The molecule has 150 valence electrons. The molecular formula is C23H18FN3O2S. The van der Waals surface area contributed by atoms with Gasteiger partial charge in [0.05, 0.1) is 22.6 Å². The molecule has 0 fully saturated rings. The maximum atomic E-state index is 13.1. The lowest BCUT2D eigenvalue weighted by atomic mass is 10.1. The first kappa shape index (κ1) is 19.7. The van der Waals surface area contributed by atoms with E-state index in [0.29, 0.717) is 22.2 Å². The van der Waals surface area contributed by atoms with Gasteiger partial charge in [0.15, 0.2) is 4.77 Å². The second-order valence-corrected chi connectivity index (χ2v) is 7.30. The Labute approximate surface area is 176 Å². The normalized spacial score (nSPS) is 11.9. The van der Waals surface area contributed by atoms with E-state index in [2.05, 4.69) is 10.3 Å². The molecule has 0 bridgehead atoms. The van der Waals surface area contributed by atoms with Crippen LogP contribution in [0.5, 0.6) is 0 Å². The maximum absolute atomic E-state index is 13.1. The van der Waals surface area contributed by atoms with Crippen LogP contribution in [0.4, 0.5) is 4.39 Å². The average Bonchev–Trinajstić information content (AvgIpc) is 2.74. The number of hydrogen-bond acceptors (Lipinski definition) is 3. The second-order valence-electron chi connectivity index (χ2n) is 6.91. The first-order chi connectivity index (χ1) is 14.4. The van der Waals surface area contributed by atoms with E-state index in [4.69, 9.17) is 12.2 Å². The first-order valence-corrected chi connectivity index (χ1v) is 9.76. The molecule has 0 saturated carbocycles. The number of nitrogens with one attached hydrogen (secondary N) is 2. The Morgan fingerprint density at radius 2 is 1.77 bits per heavy atom. The van der Waals surface area contributed by atoms with Gasteiger partial charge in [-0.1, -0.05) is 30.3 Å². The van der Waals surface area contributed by atoms with Gasteiger partial charge in [-0.05, 0) is 67.2 Å². The third-order valence-electron chi connectivity index (χ3n) is 4.89. The van der Waals surface area contributed by atoms with Gasteiger partial charge in [0.2, 0.25) is 0 Å². The zero-order valence-corrected chi connectivity index (χ0v) is 16.9. The molecule has 1 heterocycles. The number of nitrogens with zero attached hydrogens (tertiary/aromatic N) is 1. The van der Waals surface area contributed by atoms with Crippen molar-refractivity contribution in [1.82, 2.24) is 14.9 Å². The highest BCUT2D eigenvalue weighted by Gasteiger charge is 2.14. The number of fused-ring (bicyclic) bond motifs is 1. The SMILES string of the molecule is CC(NC(=O)c1ccc2c(=O)n(-c3ccccc3)c(=S)[nH]c2c1)c1ccc(F)cc1. The highest BCUT2D eigenvalue weighted by atomic mass is 32.1. The molecule has 2 N–H and O–H groups in total. The fourth-order valence-corrected chi connectivity index (χ4v) is 3.58. The quantitative estimate of drug-likeness (QED) is 0.472. The number of para-hydroxylation sites is 1. The molecule has 7 heteroatoms. The standard InChI is InChI=1S/C23H18FN3O2S/c1-14(15-7-10-17(24)11-8-15)25-21(28)16-9-12-19-20(13-16)26-23(30)27(22(19)29)18-5-3-2-4-6-18/h2-14H,1H3,(H,25,28)(H,26,30). The van der Waals surface area contributed by atoms with Gasteiger partial charge < -0.3 is 10.3 Å². The minimum absolute atomic E-state index is 0.246. The molecule has 30 heavy (non-hydrogen) atoms. The Kier molecular flexibility index (Phi) is 5.29. The van der Waals surface area contributed by atoms with Crippen molar-refractivity contribution in [2.24, 2.45) is 0 Å². The third kappa shape index (κ3) is 3.79. The number of benzene rings is 3. The summed E-state index contributed by atoms with van der Waals surface area (Å²) in [7, 11) is 0. The van der Waals surface area contributed by atoms with E-state index in [0.717, 1.165) is 5.56 Å². The summed E-state index contributed by atoms with van der Waals surface area (Å²) in [5.74, 6) is -0.636. The molecule has 0 radical (unpaired) electrons. The van der Waals surface area contributed by atoms with Crippen molar-refractivity contribution in [3.05, 3.63) is 105 Å². The van der Waals surface area contributed by atoms with Crippen LogP contribution in [0, 0.1) is 10.6 Å². The van der Waals surface area contributed by atoms with Crippen LogP contribution in [-0.2, 0) is 0 Å². The van der Waals surface area contributed by atoms with E-state index in [-0.39, 0.29) is 28.1 Å². The Bertz CT molecular complexity index is 1350. The highest BCUT2D eigenvalue weighted by Crippen LogP contribution is 2.16. The summed E-state index contributed by atoms with van der Waals surface area (Å²) in [6, 6.07) is 19.6. The highest BCUT2D eigenvalue weighted by molar-refractivity contribution is 7.71. The van der Waals surface area contributed by atoms with Crippen LogP contribution in [0.2, 0.25) is 0 Å². The van der Waals surface area contributed by atoms with Crippen molar-refractivity contribution < 1.29 is 9.18 Å². The van der Waals surface area contributed by atoms with Crippen molar-refractivity contribution in [3.8, 4) is 5.69 Å². The average molecular weight is 419 g/mol. The zero-order chi connectivity index (χ0) is 21.3. The molecule has 1 aromatic heterocycles. The smallest absolute Gasteiger partial charge is 0.266 e. The lowest BCUT2D eigenvalue weighted by Gasteiger charge is -2.15. The van der Waals surface area contributed by atoms with Gasteiger partial charge in [0.25, 0.3) is 11.5 Å². The van der Waals surface area contributed by atoms with Gasteiger partial charge in [0, 0.05) is 5.56 Å². The molecule has 0 aliphatic heterocycles. The molecule has 1 amide bonds. The number of aromatic amines is 1. The lowest BCUT2D eigenvalue weighted by molar-refractivity contribution is 0.0940. The van der Waals surface area contributed by atoms with Crippen molar-refractivity contribution in [1.29, 1.82) is 0 Å². The number of halogens is 1. The predicted molar refractivity (Wildman–Crippen MR) is 117 cm³/mol. The Morgan fingerprint density at radius 3 is 2.47 bits per heavy atom. The zero-order valence-electron chi connectivity index (χ0n) is 16.1.